The van der Waals surface area contributed by atoms with Gasteiger partial charge < -0.3 is 25.4 Å². The molecule has 2 aromatic rings. The fourth-order valence-electron chi connectivity index (χ4n) is 2.63. The van der Waals surface area contributed by atoms with Gasteiger partial charge in [0.05, 0.1) is 12.2 Å². The van der Waals surface area contributed by atoms with Crippen molar-refractivity contribution in [1.29, 1.82) is 0 Å². The Balaban J connectivity index is 1.85. The van der Waals surface area contributed by atoms with Crippen LogP contribution in [-0.4, -0.2) is 65.8 Å². The van der Waals surface area contributed by atoms with Gasteiger partial charge in [-0.2, -0.15) is 9.97 Å². The van der Waals surface area contributed by atoms with Crippen molar-refractivity contribution >= 4 is 28.9 Å². The normalized spacial score (nSPS) is 25.8. The minimum Gasteiger partial charge on any atom is -0.463 e. The van der Waals surface area contributed by atoms with Crippen molar-refractivity contribution in [2.45, 2.75) is 38.4 Å². The first-order chi connectivity index (χ1) is 12.3. The van der Waals surface area contributed by atoms with Crippen molar-refractivity contribution in [1.82, 2.24) is 19.5 Å². The summed E-state index contributed by atoms with van der Waals surface area (Å²) < 4.78 is 12.1. The predicted octanol–water partition coefficient (Wildman–Crippen LogP) is -0.972. The summed E-state index contributed by atoms with van der Waals surface area (Å²) in [5.41, 5.74) is 7.85. The van der Waals surface area contributed by atoms with Gasteiger partial charge in [-0.05, 0) is 0 Å². The number of esters is 1. The summed E-state index contributed by atoms with van der Waals surface area (Å²) in [4.78, 5) is 23.5. The molecule has 1 saturated heterocycles. The number of carbonyl (C=O) groups is 1. The third-order valence-corrected chi connectivity index (χ3v) is 4.02. The topological polar surface area (TPSA) is 178 Å². The summed E-state index contributed by atoms with van der Waals surface area (Å²) in [6, 6.07) is 0. The van der Waals surface area contributed by atoms with Crippen molar-refractivity contribution in [3.05, 3.63) is 6.33 Å². The first kappa shape index (κ1) is 18.3. The number of aliphatic hydroxyl groups is 2. The van der Waals surface area contributed by atoms with Crippen LogP contribution in [0.5, 0.6) is 0 Å². The molecule has 12 nitrogen and oxygen atoms in total. The van der Waals surface area contributed by atoms with Gasteiger partial charge in [-0.1, -0.05) is 13.8 Å². The van der Waals surface area contributed by atoms with Crippen molar-refractivity contribution in [3.63, 3.8) is 0 Å². The maximum atomic E-state index is 11.6. The number of fused-ring (bicyclic) bond motifs is 1. The number of aliphatic hydroxyl groups excluding tert-OH is 2. The molecule has 0 unspecified atom stereocenters. The van der Waals surface area contributed by atoms with Crippen LogP contribution in [0, 0.1) is 5.92 Å². The smallest absolute Gasteiger partial charge is 0.308 e. The van der Waals surface area contributed by atoms with Crippen molar-refractivity contribution < 1.29 is 29.7 Å². The van der Waals surface area contributed by atoms with Crippen LogP contribution < -0.4 is 11.2 Å². The number of nitrogens with zero attached hydrogens (tertiary/aromatic N) is 4. The van der Waals surface area contributed by atoms with Gasteiger partial charge >= 0.3 is 5.97 Å². The summed E-state index contributed by atoms with van der Waals surface area (Å²) in [5.74, 6) is -0.908. The number of rotatable bonds is 5. The van der Waals surface area contributed by atoms with Crippen molar-refractivity contribution in [3.8, 4) is 0 Å². The molecule has 0 spiro atoms. The van der Waals surface area contributed by atoms with E-state index < -0.39 is 30.5 Å². The first-order valence-corrected chi connectivity index (χ1v) is 7.91. The first-order valence-electron chi connectivity index (χ1n) is 7.91. The standard InChI is InChI=1S/C14H20N6O6/c1-5(2)13(23)25-3-6-8(21)9(22)12(26-6)20-4-16-7-10(19-24)17-14(15)18-11(7)20/h4-6,8-9,12,21-22,24H,3H2,1-2H3,(H3,15,17,18,19)/t6-,8-,9-,12-/m1/s1. The number of nitrogen functional groups attached to an aromatic ring is 1. The molecule has 0 radical (unpaired) electrons. The Bertz CT molecular complexity index is 811. The molecular weight excluding hydrogens is 348 g/mol. The lowest BCUT2D eigenvalue weighted by molar-refractivity contribution is -0.153. The summed E-state index contributed by atoms with van der Waals surface area (Å²) in [6.07, 6.45) is -3.27. The fraction of sp³-hybridized carbons (Fsp3) is 0.571. The largest absolute Gasteiger partial charge is 0.463 e. The molecule has 3 rings (SSSR count). The SMILES string of the molecule is CC(C)C(=O)OC[C@H]1O[C@@H](n2cnc3c(NO)nc(N)nc32)[C@H](O)[C@@H]1O. The molecule has 0 amide bonds. The lowest BCUT2D eigenvalue weighted by atomic mass is 10.1. The highest BCUT2D eigenvalue weighted by atomic mass is 16.6. The Labute approximate surface area is 147 Å². The minimum atomic E-state index is -1.32. The van der Waals surface area contributed by atoms with E-state index in [9.17, 15) is 15.0 Å². The van der Waals surface area contributed by atoms with Crippen LogP contribution in [0.15, 0.2) is 6.33 Å². The molecule has 0 bridgehead atoms. The van der Waals surface area contributed by atoms with E-state index in [0.717, 1.165) is 0 Å². The number of aromatic nitrogens is 4. The molecule has 0 aliphatic carbocycles. The van der Waals surface area contributed by atoms with Gasteiger partial charge in [0, 0.05) is 0 Å². The van der Waals surface area contributed by atoms with E-state index in [2.05, 4.69) is 15.0 Å². The number of imidazole rings is 1. The molecule has 3 heterocycles. The molecule has 142 valence electrons. The number of hydrogen-bond acceptors (Lipinski definition) is 11. The molecule has 12 heteroatoms. The zero-order valence-corrected chi connectivity index (χ0v) is 14.1. The van der Waals surface area contributed by atoms with Crippen LogP contribution >= 0.6 is 0 Å². The number of anilines is 2. The van der Waals surface area contributed by atoms with Gasteiger partial charge in [-0.15, -0.1) is 0 Å². The number of nitrogens with one attached hydrogen (secondary N) is 1. The van der Waals surface area contributed by atoms with Gasteiger partial charge in [0.1, 0.15) is 24.9 Å². The summed E-state index contributed by atoms with van der Waals surface area (Å²) in [6.45, 7) is 3.15. The summed E-state index contributed by atoms with van der Waals surface area (Å²) >= 11 is 0. The third-order valence-electron chi connectivity index (χ3n) is 4.02. The van der Waals surface area contributed by atoms with E-state index in [4.69, 9.17) is 20.4 Å². The van der Waals surface area contributed by atoms with E-state index in [1.807, 2.05) is 5.48 Å². The van der Waals surface area contributed by atoms with Crippen molar-refractivity contribution in [2.75, 3.05) is 17.8 Å². The average molecular weight is 368 g/mol. The lowest BCUT2D eigenvalue weighted by Gasteiger charge is -2.16. The van der Waals surface area contributed by atoms with Crippen LogP contribution in [0.3, 0.4) is 0 Å². The van der Waals surface area contributed by atoms with E-state index in [1.54, 1.807) is 13.8 Å². The lowest BCUT2D eigenvalue weighted by Crippen LogP contribution is -2.34. The van der Waals surface area contributed by atoms with Gasteiger partial charge in [0.15, 0.2) is 23.2 Å². The van der Waals surface area contributed by atoms with Gasteiger partial charge in [0.2, 0.25) is 5.95 Å². The van der Waals surface area contributed by atoms with Crippen molar-refractivity contribution in [2.24, 2.45) is 5.92 Å². The Morgan fingerprint density at radius 3 is 2.81 bits per heavy atom. The van der Waals surface area contributed by atoms with Gasteiger partial charge in [0.25, 0.3) is 0 Å². The predicted molar refractivity (Wildman–Crippen MR) is 86.9 cm³/mol. The second-order valence-electron chi connectivity index (χ2n) is 6.20. The highest BCUT2D eigenvalue weighted by Crippen LogP contribution is 2.32. The number of hydrogen-bond donors (Lipinski definition) is 5. The van der Waals surface area contributed by atoms with Gasteiger partial charge in [-0.25, -0.2) is 4.98 Å². The third kappa shape index (κ3) is 3.14. The Hall–Kier alpha value is -2.54. The number of carbonyl (C=O) groups excluding carboxylic acids is 1. The second-order valence-corrected chi connectivity index (χ2v) is 6.20. The van der Waals surface area contributed by atoms with Crippen LogP contribution in [-0.2, 0) is 14.3 Å². The zero-order chi connectivity index (χ0) is 19.0. The monoisotopic (exact) mass is 368 g/mol. The molecule has 6 N–H and O–H groups in total. The maximum absolute atomic E-state index is 11.6. The van der Waals surface area contributed by atoms with E-state index in [-0.39, 0.29) is 35.5 Å². The zero-order valence-electron chi connectivity index (χ0n) is 14.1. The van der Waals surface area contributed by atoms with Crippen LogP contribution in [0.4, 0.5) is 11.8 Å². The molecule has 1 aliphatic rings. The Kier molecular flexibility index (Phi) is 4.91. The minimum absolute atomic E-state index is 0.0123. The maximum Gasteiger partial charge on any atom is 0.308 e. The highest BCUT2D eigenvalue weighted by Gasteiger charge is 2.45. The number of nitrogens with two attached hydrogens (primary N) is 1. The molecule has 0 saturated carbocycles. The van der Waals surface area contributed by atoms with Crippen LogP contribution in [0.25, 0.3) is 11.2 Å². The molecule has 4 atom stereocenters. The Morgan fingerprint density at radius 2 is 2.15 bits per heavy atom. The quantitative estimate of drug-likeness (QED) is 0.324. The van der Waals surface area contributed by atoms with E-state index in [0.29, 0.717) is 0 Å². The molecule has 2 aromatic heterocycles. The average Bonchev–Trinajstić information content (AvgIpc) is 3.14. The van der Waals surface area contributed by atoms with E-state index in [1.165, 1.54) is 10.9 Å². The molecule has 0 aromatic carbocycles. The molecule has 1 aliphatic heterocycles. The van der Waals surface area contributed by atoms with Crippen LogP contribution in [0.2, 0.25) is 0 Å². The summed E-state index contributed by atoms with van der Waals surface area (Å²) in [7, 11) is 0. The molecule has 1 fully saturated rings. The summed E-state index contributed by atoms with van der Waals surface area (Å²) in [5, 5.41) is 29.6. The fourth-order valence-corrected chi connectivity index (χ4v) is 2.63. The molecular formula is C14H20N6O6. The highest BCUT2D eigenvalue weighted by molar-refractivity contribution is 5.83. The number of ether oxygens (including phenoxy) is 2. The van der Waals surface area contributed by atoms with Gasteiger partial charge in [-0.3, -0.25) is 20.0 Å². The molecule has 26 heavy (non-hydrogen) atoms. The van der Waals surface area contributed by atoms with Crippen LogP contribution in [0.1, 0.15) is 20.1 Å². The second kappa shape index (κ2) is 6.99. The Morgan fingerprint density at radius 1 is 1.42 bits per heavy atom. The van der Waals surface area contributed by atoms with E-state index >= 15 is 0 Å².